The molecule has 2 aromatic rings. The van der Waals surface area contributed by atoms with Crippen LogP contribution in [-0.2, 0) is 4.74 Å². The third kappa shape index (κ3) is 4.62. The Kier molecular flexibility index (Phi) is 7.04. The number of carbonyl (C=O) groups excluding carboxylic acids is 1. The molecule has 162 valence electrons. The predicted octanol–water partition coefficient (Wildman–Crippen LogP) is 3.99. The van der Waals surface area contributed by atoms with Crippen LogP contribution in [0, 0.1) is 17.5 Å². The van der Waals surface area contributed by atoms with Crippen molar-refractivity contribution in [3.63, 3.8) is 0 Å². The highest BCUT2D eigenvalue weighted by atomic mass is 19.2. The Hall–Kier alpha value is -2.94. The van der Waals surface area contributed by atoms with Crippen molar-refractivity contribution < 1.29 is 32.2 Å². The normalized spacial score (nSPS) is 13.8. The van der Waals surface area contributed by atoms with Crippen molar-refractivity contribution in [3.05, 3.63) is 47.3 Å². The Labute approximate surface area is 172 Å². The van der Waals surface area contributed by atoms with E-state index in [1.54, 1.807) is 19.1 Å². The van der Waals surface area contributed by atoms with E-state index >= 15 is 0 Å². The molecule has 0 aromatic heterocycles. The molecule has 0 aliphatic carbocycles. The van der Waals surface area contributed by atoms with Gasteiger partial charge in [-0.15, -0.1) is 0 Å². The first-order chi connectivity index (χ1) is 14.5. The van der Waals surface area contributed by atoms with E-state index < -0.39 is 28.9 Å². The van der Waals surface area contributed by atoms with Gasteiger partial charge < -0.3 is 24.4 Å². The lowest BCUT2D eigenvalue weighted by atomic mass is 10.1. The number of nitrogens with zero attached hydrogens (tertiary/aromatic N) is 1. The van der Waals surface area contributed by atoms with Crippen LogP contribution in [0.1, 0.15) is 24.2 Å². The fourth-order valence-electron chi connectivity index (χ4n) is 3.14. The molecule has 0 radical (unpaired) electrons. The fourth-order valence-corrected chi connectivity index (χ4v) is 3.14. The molecule has 30 heavy (non-hydrogen) atoms. The number of benzene rings is 2. The Bertz CT molecular complexity index is 918. The average Bonchev–Trinajstić information content (AvgIpc) is 2.74. The van der Waals surface area contributed by atoms with E-state index in [1.165, 1.54) is 0 Å². The third-order valence-electron chi connectivity index (χ3n) is 4.54. The van der Waals surface area contributed by atoms with E-state index in [1.807, 2.05) is 6.92 Å². The SMILES string of the molecule is CCOc1cc(N2CCOCC2)c(OCC)cc1NC(=O)c1ccc(F)c(F)c1F. The van der Waals surface area contributed by atoms with Gasteiger partial charge >= 0.3 is 0 Å². The Morgan fingerprint density at radius 3 is 2.37 bits per heavy atom. The molecule has 6 nitrogen and oxygen atoms in total. The number of ether oxygens (including phenoxy) is 3. The number of hydrogen-bond acceptors (Lipinski definition) is 5. The molecule has 1 aliphatic heterocycles. The van der Waals surface area contributed by atoms with Gasteiger partial charge in [0.05, 0.1) is 43.4 Å². The third-order valence-corrected chi connectivity index (χ3v) is 4.54. The van der Waals surface area contributed by atoms with Crippen LogP contribution in [-0.4, -0.2) is 45.4 Å². The van der Waals surface area contributed by atoms with Crippen molar-refractivity contribution in [1.82, 2.24) is 0 Å². The minimum absolute atomic E-state index is 0.228. The zero-order chi connectivity index (χ0) is 21.7. The molecule has 0 atom stereocenters. The van der Waals surface area contributed by atoms with Gasteiger partial charge in [-0.25, -0.2) is 13.2 Å². The summed E-state index contributed by atoms with van der Waals surface area (Å²) in [7, 11) is 0. The molecule has 2 aromatic carbocycles. The van der Waals surface area contributed by atoms with Gasteiger partial charge in [-0.3, -0.25) is 4.79 Å². The van der Waals surface area contributed by atoms with Gasteiger partial charge in [-0.2, -0.15) is 0 Å². The van der Waals surface area contributed by atoms with Gasteiger partial charge in [0, 0.05) is 25.2 Å². The van der Waals surface area contributed by atoms with Crippen LogP contribution < -0.4 is 19.7 Å². The largest absolute Gasteiger partial charge is 0.492 e. The molecule has 0 bridgehead atoms. The molecule has 1 heterocycles. The average molecular weight is 424 g/mol. The maximum atomic E-state index is 14.0. The molecule has 9 heteroatoms. The van der Waals surface area contributed by atoms with Crippen molar-refractivity contribution in [2.24, 2.45) is 0 Å². The number of nitrogens with one attached hydrogen (secondary N) is 1. The zero-order valence-electron chi connectivity index (χ0n) is 16.8. The molecule has 1 saturated heterocycles. The van der Waals surface area contributed by atoms with E-state index in [9.17, 15) is 18.0 Å². The van der Waals surface area contributed by atoms with Gasteiger partial charge in [0.15, 0.2) is 17.5 Å². The number of anilines is 2. The summed E-state index contributed by atoms with van der Waals surface area (Å²) < 4.78 is 57.5. The van der Waals surface area contributed by atoms with Crippen LogP contribution >= 0.6 is 0 Å². The number of hydrogen-bond donors (Lipinski definition) is 1. The summed E-state index contributed by atoms with van der Waals surface area (Å²) in [6.45, 7) is 6.79. The summed E-state index contributed by atoms with van der Waals surface area (Å²) in [6.07, 6.45) is 0. The summed E-state index contributed by atoms with van der Waals surface area (Å²) in [4.78, 5) is 14.6. The molecular formula is C21H23F3N2O4. The number of carbonyl (C=O) groups is 1. The quantitative estimate of drug-likeness (QED) is 0.681. The van der Waals surface area contributed by atoms with Crippen LogP contribution in [0.5, 0.6) is 11.5 Å². The Balaban J connectivity index is 1.97. The maximum Gasteiger partial charge on any atom is 0.258 e. The van der Waals surface area contributed by atoms with Crippen molar-refractivity contribution >= 4 is 17.3 Å². The topological polar surface area (TPSA) is 60.0 Å². The first-order valence-electron chi connectivity index (χ1n) is 9.67. The second kappa shape index (κ2) is 9.71. The summed E-state index contributed by atoms with van der Waals surface area (Å²) >= 11 is 0. The van der Waals surface area contributed by atoms with Crippen LogP contribution in [0.25, 0.3) is 0 Å². The second-order valence-electron chi connectivity index (χ2n) is 6.46. The molecule has 1 aliphatic rings. The summed E-state index contributed by atoms with van der Waals surface area (Å²) in [6, 6.07) is 4.89. The number of halogens is 3. The van der Waals surface area contributed by atoms with Crippen molar-refractivity contribution in [2.45, 2.75) is 13.8 Å². The molecule has 0 spiro atoms. The van der Waals surface area contributed by atoms with E-state index in [0.717, 1.165) is 11.8 Å². The fraction of sp³-hybridized carbons (Fsp3) is 0.381. The lowest BCUT2D eigenvalue weighted by Crippen LogP contribution is -2.36. The highest BCUT2D eigenvalue weighted by molar-refractivity contribution is 6.05. The second-order valence-corrected chi connectivity index (χ2v) is 6.46. The van der Waals surface area contributed by atoms with E-state index in [2.05, 4.69) is 10.2 Å². The van der Waals surface area contributed by atoms with Gasteiger partial charge in [0.25, 0.3) is 5.91 Å². The lowest BCUT2D eigenvalue weighted by molar-refractivity contribution is 0.102. The van der Waals surface area contributed by atoms with Gasteiger partial charge in [-0.05, 0) is 26.0 Å². The smallest absolute Gasteiger partial charge is 0.258 e. The van der Waals surface area contributed by atoms with Gasteiger partial charge in [0.2, 0.25) is 0 Å². The zero-order valence-corrected chi connectivity index (χ0v) is 16.8. The van der Waals surface area contributed by atoms with Crippen molar-refractivity contribution in [3.8, 4) is 11.5 Å². The first-order valence-corrected chi connectivity index (χ1v) is 9.67. The number of rotatable bonds is 7. The van der Waals surface area contributed by atoms with Crippen LogP contribution in [0.15, 0.2) is 24.3 Å². The minimum Gasteiger partial charge on any atom is -0.492 e. The molecule has 0 unspecified atom stereocenters. The minimum atomic E-state index is -1.70. The van der Waals surface area contributed by atoms with E-state index in [4.69, 9.17) is 14.2 Å². The molecule has 1 amide bonds. The summed E-state index contributed by atoms with van der Waals surface area (Å²) in [5.41, 5.74) is 0.388. The summed E-state index contributed by atoms with van der Waals surface area (Å²) in [5.74, 6) is -4.71. The molecule has 3 rings (SSSR count). The van der Waals surface area contributed by atoms with Gasteiger partial charge in [-0.1, -0.05) is 0 Å². The Morgan fingerprint density at radius 2 is 1.70 bits per heavy atom. The molecule has 1 fully saturated rings. The monoisotopic (exact) mass is 424 g/mol. The lowest BCUT2D eigenvalue weighted by Gasteiger charge is -2.31. The first kappa shape index (κ1) is 21.8. The maximum absolute atomic E-state index is 14.0. The molecular weight excluding hydrogens is 401 g/mol. The molecule has 1 N–H and O–H groups in total. The predicted molar refractivity (Wildman–Crippen MR) is 106 cm³/mol. The highest BCUT2D eigenvalue weighted by Gasteiger charge is 2.23. The summed E-state index contributed by atoms with van der Waals surface area (Å²) in [5, 5.41) is 2.51. The standard InChI is InChI=1S/C21H23F3N2O4/c1-3-29-17-12-16(26-7-9-28-10-8-26)18(30-4-2)11-15(17)25-21(27)13-5-6-14(22)20(24)19(13)23/h5-6,11-12H,3-4,7-10H2,1-2H3,(H,25,27). The van der Waals surface area contributed by atoms with Crippen LogP contribution in [0.2, 0.25) is 0 Å². The van der Waals surface area contributed by atoms with Crippen molar-refractivity contribution in [2.75, 3.05) is 49.7 Å². The Morgan fingerprint density at radius 1 is 1.03 bits per heavy atom. The van der Waals surface area contributed by atoms with E-state index in [0.29, 0.717) is 57.1 Å². The number of amides is 1. The number of morpholine rings is 1. The highest BCUT2D eigenvalue weighted by Crippen LogP contribution is 2.39. The van der Waals surface area contributed by atoms with Gasteiger partial charge in [0.1, 0.15) is 11.5 Å². The van der Waals surface area contributed by atoms with Crippen LogP contribution in [0.4, 0.5) is 24.5 Å². The van der Waals surface area contributed by atoms with Crippen LogP contribution in [0.3, 0.4) is 0 Å². The molecule has 0 saturated carbocycles. The van der Waals surface area contributed by atoms with E-state index in [-0.39, 0.29) is 5.69 Å². The van der Waals surface area contributed by atoms with Crippen molar-refractivity contribution in [1.29, 1.82) is 0 Å².